The quantitative estimate of drug-likeness (QED) is 0.911. The fourth-order valence-electron chi connectivity index (χ4n) is 4.19. The molecule has 0 bridgehead atoms. The first kappa shape index (κ1) is 15.4. The van der Waals surface area contributed by atoms with E-state index in [1.165, 1.54) is 6.42 Å². The highest BCUT2D eigenvalue weighted by molar-refractivity contribution is 5.94. The molecule has 2 atom stereocenters. The molecule has 24 heavy (non-hydrogen) atoms. The Balaban J connectivity index is 1.46. The second-order valence-corrected chi connectivity index (χ2v) is 7.30. The number of nitrogens with one attached hydrogen (secondary N) is 1. The average molecular weight is 324 g/mol. The third-order valence-electron chi connectivity index (χ3n) is 6.19. The summed E-state index contributed by atoms with van der Waals surface area (Å²) in [6, 6.07) is 8.13. The van der Waals surface area contributed by atoms with Gasteiger partial charge < -0.3 is 15.6 Å². The van der Waals surface area contributed by atoms with Gasteiger partial charge in [-0.15, -0.1) is 0 Å². The third kappa shape index (κ3) is 2.18. The summed E-state index contributed by atoms with van der Waals surface area (Å²) in [6.45, 7) is 4.05. The van der Waals surface area contributed by atoms with Crippen molar-refractivity contribution in [2.45, 2.75) is 45.6 Å². The van der Waals surface area contributed by atoms with E-state index < -0.39 is 0 Å². The Morgan fingerprint density at radius 3 is 2.50 bits per heavy atom. The Morgan fingerprint density at radius 1 is 1.29 bits per heavy atom. The number of aromatic nitrogens is 2. The topological polar surface area (TPSA) is 72.9 Å². The van der Waals surface area contributed by atoms with E-state index in [1.807, 2.05) is 37.5 Å². The maximum absolute atomic E-state index is 12.6. The molecule has 0 radical (unpaired) electrons. The first-order chi connectivity index (χ1) is 11.5. The van der Waals surface area contributed by atoms with Crippen molar-refractivity contribution in [3.8, 4) is 5.69 Å². The van der Waals surface area contributed by atoms with Gasteiger partial charge >= 0.3 is 0 Å². The maximum Gasteiger partial charge on any atom is 0.228 e. The van der Waals surface area contributed by atoms with Gasteiger partial charge in [-0.05, 0) is 62.8 Å². The van der Waals surface area contributed by atoms with Crippen molar-refractivity contribution in [3.63, 3.8) is 0 Å². The average Bonchev–Trinajstić information content (AvgIpc) is 2.84. The summed E-state index contributed by atoms with van der Waals surface area (Å²) in [7, 11) is 0. The highest BCUT2D eigenvalue weighted by atomic mass is 16.2. The molecule has 2 aliphatic carbocycles. The molecule has 4 rings (SSSR count). The first-order valence-corrected chi connectivity index (χ1v) is 8.69. The standard InChI is InChI=1S/C19H24N4O/c1-12-13(2)23(11-21-12)15-6-4-14(5-7-15)22-18(24)16-10-17(20)19(16)8-3-9-19/h4-7,11,16-17H,3,8-10,20H2,1-2H3,(H,22,24). The molecule has 1 amide bonds. The number of rotatable bonds is 3. The SMILES string of the molecule is Cc1ncn(-c2ccc(NC(=O)C3CC(N)C34CCC4)cc2)c1C. The van der Waals surface area contributed by atoms with E-state index in [0.717, 1.165) is 42.0 Å². The third-order valence-corrected chi connectivity index (χ3v) is 6.19. The molecule has 1 aromatic heterocycles. The van der Waals surface area contributed by atoms with Crippen molar-refractivity contribution in [2.75, 3.05) is 5.32 Å². The Labute approximate surface area is 142 Å². The van der Waals surface area contributed by atoms with Gasteiger partial charge in [0.05, 0.1) is 12.0 Å². The van der Waals surface area contributed by atoms with Crippen LogP contribution in [0.2, 0.25) is 0 Å². The molecular formula is C19H24N4O. The summed E-state index contributed by atoms with van der Waals surface area (Å²) in [4.78, 5) is 16.9. The second kappa shape index (κ2) is 5.45. The van der Waals surface area contributed by atoms with Crippen LogP contribution in [-0.4, -0.2) is 21.5 Å². The fraction of sp³-hybridized carbons (Fsp3) is 0.474. The number of hydrogen-bond acceptors (Lipinski definition) is 3. The second-order valence-electron chi connectivity index (χ2n) is 7.30. The van der Waals surface area contributed by atoms with Gasteiger partial charge in [-0.2, -0.15) is 0 Å². The summed E-state index contributed by atoms with van der Waals surface area (Å²) >= 11 is 0. The number of hydrogen-bond donors (Lipinski definition) is 2. The van der Waals surface area contributed by atoms with E-state index in [0.29, 0.717) is 0 Å². The van der Waals surface area contributed by atoms with Crippen molar-refractivity contribution in [3.05, 3.63) is 42.0 Å². The van der Waals surface area contributed by atoms with Gasteiger partial charge in [-0.1, -0.05) is 6.42 Å². The first-order valence-electron chi connectivity index (χ1n) is 8.69. The molecule has 2 saturated carbocycles. The number of carbonyl (C=O) groups excluding carboxylic acids is 1. The summed E-state index contributed by atoms with van der Waals surface area (Å²) in [5, 5.41) is 3.07. The van der Waals surface area contributed by atoms with E-state index in [-0.39, 0.29) is 23.3 Å². The van der Waals surface area contributed by atoms with Crippen LogP contribution in [0.5, 0.6) is 0 Å². The highest BCUT2D eigenvalue weighted by Crippen LogP contribution is 2.59. The zero-order chi connectivity index (χ0) is 16.9. The van der Waals surface area contributed by atoms with Crippen LogP contribution in [0.4, 0.5) is 5.69 Å². The lowest BCUT2D eigenvalue weighted by Crippen LogP contribution is -2.64. The minimum atomic E-state index is 0.0828. The number of amides is 1. The van der Waals surface area contributed by atoms with Gasteiger partial charge in [0.2, 0.25) is 5.91 Å². The molecule has 0 saturated heterocycles. The minimum absolute atomic E-state index is 0.0828. The molecule has 5 heteroatoms. The lowest BCUT2D eigenvalue weighted by atomic mass is 9.47. The Morgan fingerprint density at radius 2 is 2.00 bits per heavy atom. The van der Waals surface area contributed by atoms with Gasteiger partial charge in [0, 0.05) is 29.0 Å². The van der Waals surface area contributed by atoms with E-state index >= 15 is 0 Å². The molecule has 2 aliphatic rings. The summed E-state index contributed by atoms with van der Waals surface area (Å²) in [5.41, 5.74) is 10.3. The van der Waals surface area contributed by atoms with Gasteiger partial charge in [0.15, 0.2) is 0 Å². The largest absolute Gasteiger partial charge is 0.327 e. The van der Waals surface area contributed by atoms with Crippen LogP contribution in [0.25, 0.3) is 5.69 Å². The summed E-state index contributed by atoms with van der Waals surface area (Å²) in [5.74, 6) is 0.207. The molecule has 2 aromatic rings. The van der Waals surface area contributed by atoms with Gasteiger partial charge in [0.1, 0.15) is 0 Å². The molecule has 2 fully saturated rings. The van der Waals surface area contributed by atoms with E-state index in [2.05, 4.69) is 21.8 Å². The zero-order valence-corrected chi connectivity index (χ0v) is 14.2. The Hall–Kier alpha value is -2.14. The Bertz CT molecular complexity index is 773. The highest BCUT2D eigenvalue weighted by Gasteiger charge is 2.59. The number of nitrogens with zero attached hydrogens (tertiary/aromatic N) is 2. The molecular weight excluding hydrogens is 300 g/mol. The molecule has 5 nitrogen and oxygen atoms in total. The molecule has 3 N–H and O–H groups in total. The van der Waals surface area contributed by atoms with Crippen molar-refractivity contribution in [1.82, 2.24) is 9.55 Å². The van der Waals surface area contributed by atoms with E-state index in [4.69, 9.17) is 5.73 Å². The number of anilines is 1. The van der Waals surface area contributed by atoms with Crippen molar-refractivity contribution < 1.29 is 4.79 Å². The van der Waals surface area contributed by atoms with Gasteiger partial charge in [-0.3, -0.25) is 4.79 Å². The predicted molar refractivity (Wildman–Crippen MR) is 94.0 cm³/mol. The molecule has 0 aliphatic heterocycles. The molecule has 1 spiro atoms. The maximum atomic E-state index is 12.6. The van der Waals surface area contributed by atoms with Crippen LogP contribution < -0.4 is 11.1 Å². The zero-order valence-electron chi connectivity index (χ0n) is 14.2. The van der Waals surface area contributed by atoms with E-state index in [1.54, 1.807) is 0 Å². The smallest absolute Gasteiger partial charge is 0.228 e. The lowest BCUT2D eigenvalue weighted by molar-refractivity contribution is -0.141. The molecule has 2 unspecified atom stereocenters. The minimum Gasteiger partial charge on any atom is -0.327 e. The summed E-state index contributed by atoms with van der Waals surface area (Å²) in [6.07, 6.45) is 6.05. The fourth-order valence-corrected chi connectivity index (χ4v) is 4.19. The number of benzene rings is 1. The van der Waals surface area contributed by atoms with E-state index in [9.17, 15) is 4.79 Å². The van der Waals surface area contributed by atoms with Crippen LogP contribution >= 0.6 is 0 Å². The Kier molecular flexibility index (Phi) is 3.49. The van der Waals surface area contributed by atoms with Crippen LogP contribution in [0.1, 0.15) is 37.1 Å². The number of nitrogens with two attached hydrogens (primary N) is 1. The lowest BCUT2D eigenvalue weighted by Gasteiger charge is -2.59. The van der Waals surface area contributed by atoms with Gasteiger partial charge in [0.25, 0.3) is 0 Å². The number of carbonyl (C=O) groups is 1. The van der Waals surface area contributed by atoms with Crippen LogP contribution in [0, 0.1) is 25.2 Å². The summed E-state index contributed by atoms with van der Waals surface area (Å²) < 4.78 is 2.05. The molecule has 1 heterocycles. The number of imidazole rings is 1. The van der Waals surface area contributed by atoms with Crippen molar-refractivity contribution in [2.24, 2.45) is 17.1 Å². The van der Waals surface area contributed by atoms with Crippen LogP contribution in [0.15, 0.2) is 30.6 Å². The van der Waals surface area contributed by atoms with Gasteiger partial charge in [-0.25, -0.2) is 4.98 Å². The molecule has 1 aromatic carbocycles. The predicted octanol–water partition coefficient (Wildman–Crippen LogP) is 2.95. The van der Waals surface area contributed by atoms with Crippen LogP contribution in [-0.2, 0) is 4.79 Å². The van der Waals surface area contributed by atoms with Crippen molar-refractivity contribution in [1.29, 1.82) is 0 Å². The van der Waals surface area contributed by atoms with Crippen LogP contribution in [0.3, 0.4) is 0 Å². The normalized spacial score (nSPS) is 24.3. The number of aryl methyl sites for hydroxylation is 1. The monoisotopic (exact) mass is 324 g/mol. The molecule has 126 valence electrons. The van der Waals surface area contributed by atoms with Crippen molar-refractivity contribution >= 4 is 11.6 Å².